The number of rotatable bonds is 4. The molecule has 0 aliphatic carbocycles. The van der Waals surface area contributed by atoms with Crippen LogP contribution in [-0.2, 0) is 7.05 Å². The molecule has 0 aliphatic heterocycles. The van der Waals surface area contributed by atoms with E-state index in [0.29, 0.717) is 17.0 Å². The number of aromatic nitrogens is 4. The molecule has 2 N–H and O–H groups in total. The molecule has 0 saturated carbocycles. The minimum Gasteiger partial charge on any atom is -0.493 e. The Labute approximate surface area is 202 Å². The van der Waals surface area contributed by atoms with Gasteiger partial charge in [0.05, 0.1) is 21.5 Å². The second kappa shape index (κ2) is 7.87. The minimum atomic E-state index is -0.683. The van der Waals surface area contributed by atoms with Crippen molar-refractivity contribution in [1.82, 2.24) is 18.9 Å². The first kappa shape index (κ1) is 21.2. The van der Waals surface area contributed by atoms with Crippen molar-refractivity contribution in [2.45, 2.75) is 0 Å². The molecule has 6 rings (SSSR count). The molecule has 0 unspecified atom stereocenters. The van der Waals surface area contributed by atoms with Crippen LogP contribution in [0.5, 0.6) is 5.88 Å². The van der Waals surface area contributed by atoms with Gasteiger partial charge < -0.3 is 14.7 Å². The van der Waals surface area contributed by atoms with Crippen LogP contribution < -0.4 is 0 Å². The highest BCUT2D eigenvalue weighted by atomic mass is 16.6. The van der Waals surface area contributed by atoms with Gasteiger partial charge in [0.15, 0.2) is 5.69 Å². The second-order valence-electron chi connectivity index (χ2n) is 8.17. The van der Waals surface area contributed by atoms with Crippen LogP contribution in [-0.4, -0.2) is 34.9 Å². The number of amides is 1. The van der Waals surface area contributed by atoms with Crippen LogP contribution in [0.1, 0.15) is 10.5 Å². The third kappa shape index (κ3) is 3.14. The molecule has 11 heteroatoms. The summed E-state index contributed by atoms with van der Waals surface area (Å²) in [5.41, 5.74) is 3.21. The molecule has 11 nitrogen and oxygen atoms in total. The number of nitrogens with zero attached hydrogens (tertiary/aromatic N) is 6. The largest absolute Gasteiger partial charge is 0.493 e. The molecule has 1 amide bonds. The summed E-state index contributed by atoms with van der Waals surface area (Å²) in [6.07, 6.45) is 0. The summed E-state index contributed by atoms with van der Waals surface area (Å²) in [6, 6.07) is 20.9. The molecule has 36 heavy (non-hydrogen) atoms. The standard InChI is InChI=1S/C25H17N7O4/c1-30-18-9-5-6-10-19(18)31-22(20(27-25(30)31)14-7-3-2-4-8-14)24(34)29-28-21-16-13-15(32(35)36)11-12-17(16)26-23(21)33/h2-13,26,33H,1H3. The van der Waals surface area contributed by atoms with E-state index in [4.69, 9.17) is 4.98 Å². The number of carbonyl (C=O) groups excluding carboxylic acids is 1. The van der Waals surface area contributed by atoms with Gasteiger partial charge in [0, 0.05) is 30.1 Å². The number of imidazole rings is 2. The molecule has 0 saturated heterocycles. The number of H-pyrrole nitrogens is 1. The van der Waals surface area contributed by atoms with Gasteiger partial charge in [0.2, 0.25) is 11.7 Å². The molecule has 0 radical (unpaired) electrons. The van der Waals surface area contributed by atoms with Crippen molar-refractivity contribution in [3.8, 4) is 17.1 Å². The van der Waals surface area contributed by atoms with Crippen molar-refractivity contribution in [2.75, 3.05) is 0 Å². The zero-order valence-electron chi connectivity index (χ0n) is 18.8. The fraction of sp³-hybridized carbons (Fsp3) is 0.0400. The lowest BCUT2D eigenvalue weighted by molar-refractivity contribution is -0.384. The molecule has 0 aliphatic rings. The fourth-order valence-electron chi connectivity index (χ4n) is 4.41. The number of hydrogen-bond acceptors (Lipinski definition) is 6. The molecule has 3 aromatic carbocycles. The van der Waals surface area contributed by atoms with Crippen molar-refractivity contribution in [3.05, 3.63) is 88.6 Å². The number of nitrogens with one attached hydrogen (secondary N) is 1. The number of non-ortho nitro benzene ring substituents is 1. The Balaban J connectivity index is 1.54. The normalized spacial score (nSPS) is 11.8. The van der Waals surface area contributed by atoms with E-state index in [1.165, 1.54) is 18.2 Å². The van der Waals surface area contributed by atoms with Crippen LogP contribution in [0, 0.1) is 10.1 Å². The maximum absolute atomic E-state index is 13.6. The molecule has 176 valence electrons. The van der Waals surface area contributed by atoms with Gasteiger partial charge in [-0.25, -0.2) is 4.98 Å². The van der Waals surface area contributed by atoms with Crippen LogP contribution >= 0.6 is 0 Å². The molecule has 0 spiro atoms. The predicted octanol–water partition coefficient (Wildman–Crippen LogP) is 5.51. The van der Waals surface area contributed by atoms with Gasteiger partial charge in [-0.1, -0.05) is 42.5 Å². The summed E-state index contributed by atoms with van der Waals surface area (Å²) in [7, 11) is 1.87. The van der Waals surface area contributed by atoms with E-state index in [0.717, 1.165) is 16.6 Å². The molecule has 0 bridgehead atoms. The van der Waals surface area contributed by atoms with Crippen molar-refractivity contribution >= 4 is 45.0 Å². The number of benzene rings is 3. The molecule has 0 atom stereocenters. The minimum absolute atomic E-state index is 0.0676. The number of aromatic hydroxyl groups is 1. The number of nitro groups is 1. The van der Waals surface area contributed by atoms with E-state index in [9.17, 15) is 20.0 Å². The maximum Gasteiger partial charge on any atom is 0.314 e. The van der Waals surface area contributed by atoms with Crippen LogP contribution in [0.25, 0.3) is 39.0 Å². The number of azo groups is 1. The molecule has 3 aromatic heterocycles. The Kier molecular flexibility index (Phi) is 4.64. The molecular weight excluding hydrogens is 462 g/mol. The lowest BCUT2D eigenvalue weighted by atomic mass is 10.1. The summed E-state index contributed by atoms with van der Waals surface area (Å²) in [6.45, 7) is 0. The van der Waals surface area contributed by atoms with Crippen molar-refractivity contribution in [2.24, 2.45) is 17.3 Å². The van der Waals surface area contributed by atoms with Gasteiger partial charge in [0.25, 0.3) is 5.69 Å². The molecule has 0 fully saturated rings. The summed E-state index contributed by atoms with van der Waals surface area (Å²) in [5.74, 6) is -0.482. The topological polar surface area (TPSA) is 143 Å². The number of hydrogen-bond donors (Lipinski definition) is 2. The summed E-state index contributed by atoms with van der Waals surface area (Å²) < 4.78 is 3.62. The number of nitro benzene ring substituents is 1. The second-order valence-corrected chi connectivity index (χ2v) is 8.17. The van der Waals surface area contributed by atoms with Crippen molar-refractivity contribution in [1.29, 1.82) is 0 Å². The first-order valence-electron chi connectivity index (χ1n) is 10.9. The first-order chi connectivity index (χ1) is 17.4. The summed E-state index contributed by atoms with van der Waals surface area (Å²) in [4.78, 5) is 31.7. The quantitative estimate of drug-likeness (QED) is 0.195. The molecular formula is C25H17N7O4. The highest BCUT2D eigenvalue weighted by Crippen LogP contribution is 2.38. The van der Waals surface area contributed by atoms with Crippen LogP contribution in [0.4, 0.5) is 11.4 Å². The third-order valence-corrected chi connectivity index (χ3v) is 6.08. The van der Waals surface area contributed by atoms with E-state index in [2.05, 4.69) is 15.2 Å². The zero-order chi connectivity index (χ0) is 25.0. The number of fused-ring (bicyclic) bond motifs is 4. The summed E-state index contributed by atoms with van der Waals surface area (Å²) in [5, 5.41) is 29.7. The maximum atomic E-state index is 13.6. The number of carbonyl (C=O) groups is 1. The lowest BCUT2D eigenvalue weighted by Gasteiger charge is -2.02. The number of aryl methyl sites for hydroxylation is 1. The van der Waals surface area contributed by atoms with Crippen LogP contribution in [0.15, 0.2) is 83.0 Å². The van der Waals surface area contributed by atoms with E-state index in [1.54, 1.807) is 4.40 Å². The average Bonchev–Trinajstić information content (AvgIpc) is 3.52. The lowest BCUT2D eigenvalue weighted by Crippen LogP contribution is -2.01. The van der Waals surface area contributed by atoms with E-state index in [1.807, 2.05) is 66.2 Å². The van der Waals surface area contributed by atoms with E-state index in [-0.39, 0.29) is 28.3 Å². The van der Waals surface area contributed by atoms with Crippen LogP contribution in [0.2, 0.25) is 0 Å². The van der Waals surface area contributed by atoms with Gasteiger partial charge in [-0.2, -0.15) is 0 Å². The first-order valence-corrected chi connectivity index (χ1v) is 10.9. The zero-order valence-corrected chi connectivity index (χ0v) is 18.8. The predicted molar refractivity (Wildman–Crippen MR) is 133 cm³/mol. The monoisotopic (exact) mass is 479 g/mol. The Morgan fingerprint density at radius 1 is 1.06 bits per heavy atom. The third-order valence-electron chi connectivity index (χ3n) is 6.08. The van der Waals surface area contributed by atoms with Crippen molar-refractivity contribution in [3.63, 3.8) is 0 Å². The Hall–Kier alpha value is -5.32. The van der Waals surface area contributed by atoms with E-state index < -0.39 is 10.8 Å². The average molecular weight is 479 g/mol. The smallest absolute Gasteiger partial charge is 0.314 e. The highest BCUT2D eigenvalue weighted by Gasteiger charge is 2.25. The van der Waals surface area contributed by atoms with Crippen LogP contribution in [0.3, 0.4) is 0 Å². The highest BCUT2D eigenvalue weighted by molar-refractivity contribution is 6.03. The SMILES string of the molecule is Cn1c2ccccc2n2c(C(=O)N=Nc3c(O)[nH]c4ccc([N+](=O)[O-])cc34)c(-c3ccccc3)nc12. The van der Waals surface area contributed by atoms with Gasteiger partial charge in [-0.05, 0) is 18.2 Å². The van der Waals surface area contributed by atoms with Gasteiger partial charge in [-0.15, -0.1) is 10.2 Å². The van der Waals surface area contributed by atoms with Gasteiger partial charge in [0.1, 0.15) is 11.4 Å². The Morgan fingerprint density at radius 2 is 1.78 bits per heavy atom. The number of para-hydroxylation sites is 2. The Morgan fingerprint density at radius 3 is 2.53 bits per heavy atom. The van der Waals surface area contributed by atoms with E-state index >= 15 is 0 Å². The van der Waals surface area contributed by atoms with Gasteiger partial charge >= 0.3 is 5.91 Å². The number of aromatic amines is 1. The molecule has 3 heterocycles. The summed E-state index contributed by atoms with van der Waals surface area (Å²) >= 11 is 0. The fourth-order valence-corrected chi connectivity index (χ4v) is 4.41. The van der Waals surface area contributed by atoms with Gasteiger partial charge in [-0.3, -0.25) is 19.3 Å². The molecule has 6 aromatic rings. The van der Waals surface area contributed by atoms with Crippen molar-refractivity contribution < 1.29 is 14.8 Å². The Bertz CT molecular complexity index is 1860.